The monoisotopic (exact) mass is 481 g/mol. The van der Waals surface area contributed by atoms with Gasteiger partial charge in [-0.1, -0.05) is 72.5 Å². The van der Waals surface area contributed by atoms with E-state index in [-0.39, 0.29) is 17.9 Å². The first kappa shape index (κ1) is 23.0. The van der Waals surface area contributed by atoms with Crippen molar-refractivity contribution in [2.24, 2.45) is 5.10 Å². The maximum Gasteiger partial charge on any atom is 0.252 e. The zero-order valence-electron chi connectivity index (χ0n) is 19.6. The standard InChI is InChI=1S/C29H27N3O2S/c1-34-23-15-13-22(14-16-23)29(17-7-2-8-18-29)19-20-30-31-21-28(33)32-24-9-3-5-11-26(24)35-27-12-6-4-10-25(27)32/h2-17,20,31H,18-19,21H2,1H3/b30-20+. The number of fused-ring (bicyclic) bond motifs is 2. The molecule has 0 bridgehead atoms. The van der Waals surface area contributed by atoms with Gasteiger partial charge in [0.15, 0.2) is 0 Å². The van der Waals surface area contributed by atoms with Crippen LogP contribution in [-0.4, -0.2) is 25.8 Å². The Kier molecular flexibility index (Phi) is 6.73. The summed E-state index contributed by atoms with van der Waals surface area (Å²) in [6.45, 7) is 0.106. The smallest absolute Gasteiger partial charge is 0.252 e. The van der Waals surface area contributed by atoms with Gasteiger partial charge in [0.05, 0.1) is 18.5 Å². The van der Waals surface area contributed by atoms with Crippen molar-refractivity contribution in [1.29, 1.82) is 0 Å². The topological polar surface area (TPSA) is 53.9 Å². The van der Waals surface area contributed by atoms with Gasteiger partial charge in [-0.15, -0.1) is 0 Å². The lowest BCUT2D eigenvalue weighted by molar-refractivity contribution is -0.117. The number of ether oxygens (including phenoxy) is 1. The molecule has 1 amide bonds. The molecule has 5 rings (SSSR count). The van der Waals surface area contributed by atoms with Crippen LogP contribution in [0.25, 0.3) is 0 Å². The summed E-state index contributed by atoms with van der Waals surface area (Å²) >= 11 is 1.69. The second-order valence-electron chi connectivity index (χ2n) is 8.49. The number of amides is 1. The number of allylic oxidation sites excluding steroid dienone is 4. The normalized spacial score (nSPS) is 18.3. The Balaban J connectivity index is 1.27. The number of methoxy groups -OCH3 is 1. The summed E-state index contributed by atoms with van der Waals surface area (Å²) < 4.78 is 5.31. The van der Waals surface area contributed by atoms with E-state index in [1.165, 1.54) is 5.56 Å². The maximum absolute atomic E-state index is 13.3. The van der Waals surface area contributed by atoms with Gasteiger partial charge in [-0.3, -0.25) is 9.69 Å². The number of hydrazone groups is 1. The van der Waals surface area contributed by atoms with Crippen LogP contribution in [-0.2, 0) is 10.2 Å². The van der Waals surface area contributed by atoms with Crippen LogP contribution < -0.4 is 15.1 Å². The van der Waals surface area contributed by atoms with Crippen molar-refractivity contribution < 1.29 is 9.53 Å². The van der Waals surface area contributed by atoms with Crippen molar-refractivity contribution in [2.45, 2.75) is 28.0 Å². The average molecular weight is 482 g/mol. The SMILES string of the molecule is COc1ccc(C2(C/C=N/NCC(=O)N3c4ccccc4Sc4ccccc43)C=CC=CC2)cc1. The van der Waals surface area contributed by atoms with Crippen molar-refractivity contribution in [3.63, 3.8) is 0 Å². The fraction of sp³-hybridized carbons (Fsp3) is 0.172. The third-order valence-corrected chi connectivity index (χ3v) is 7.49. The van der Waals surface area contributed by atoms with Crippen molar-refractivity contribution in [3.8, 4) is 5.75 Å². The molecule has 0 radical (unpaired) electrons. The Labute approximate surface area is 210 Å². The number of anilines is 2. The van der Waals surface area contributed by atoms with Gasteiger partial charge in [-0.2, -0.15) is 5.10 Å². The van der Waals surface area contributed by atoms with Crippen molar-refractivity contribution in [3.05, 3.63) is 103 Å². The van der Waals surface area contributed by atoms with Gasteiger partial charge in [0, 0.05) is 21.4 Å². The van der Waals surface area contributed by atoms with Gasteiger partial charge in [0.1, 0.15) is 12.3 Å². The Morgan fingerprint density at radius 3 is 2.34 bits per heavy atom. The van der Waals surface area contributed by atoms with Crippen LogP contribution in [0.3, 0.4) is 0 Å². The fourth-order valence-corrected chi connectivity index (χ4v) is 5.57. The van der Waals surface area contributed by atoms with Crippen molar-refractivity contribution in [1.82, 2.24) is 5.43 Å². The van der Waals surface area contributed by atoms with Crippen LogP contribution in [0.2, 0.25) is 0 Å². The van der Waals surface area contributed by atoms with Gasteiger partial charge in [0.25, 0.3) is 5.91 Å². The number of hydrogen-bond acceptors (Lipinski definition) is 5. The first-order valence-electron chi connectivity index (χ1n) is 11.6. The highest BCUT2D eigenvalue weighted by molar-refractivity contribution is 7.99. The Morgan fingerprint density at radius 1 is 1.03 bits per heavy atom. The molecule has 0 saturated heterocycles. The van der Waals surface area contributed by atoms with E-state index in [4.69, 9.17) is 4.74 Å². The first-order valence-corrected chi connectivity index (χ1v) is 12.4. The summed E-state index contributed by atoms with van der Waals surface area (Å²) in [7, 11) is 1.67. The lowest BCUT2D eigenvalue weighted by Crippen LogP contribution is -2.35. The van der Waals surface area contributed by atoms with Crippen LogP contribution in [0, 0.1) is 0 Å². The minimum atomic E-state index is -0.168. The summed E-state index contributed by atoms with van der Waals surface area (Å²) in [6.07, 6.45) is 12.0. The number of nitrogens with one attached hydrogen (secondary N) is 1. The number of hydrogen-bond donors (Lipinski definition) is 1. The molecule has 0 spiro atoms. The fourth-order valence-electron chi connectivity index (χ4n) is 4.51. The van der Waals surface area contributed by atoms with E-state index in [2.05, 4.69) is 47.0 Å². The van der Waals surface area contributed by atoms with Gasteiger partial charge < -0.3 is 10.2 Å². The van der Waals surface area contributed by atoms with Gasteiger partial charge in [-0.25, -0.2) is 0 Å². The summed E-state index contributed by atoms with van der Waals surface area (Å²) in [6, 6.07) is 24.2. The molecule has 1 unspecified atom stereocenters. The highest BCUT2D eigenvalue weighted by Gasteiger charge is 2.29. The van der Waals surface area contributed by atoms with E-state index in [1.54, 1.807) is 23.8 Å². The van der Waals surface area contributed by atoms with Crippen molar-refractivity contribution >= 4 is 35.3 Å². The van der Waals surface area contributed by atoms with Gasteiger partial charge in [-0.05, 0) is 54.8 Å². The second-order valence-corrected chi connectivity index (χ2v) is 9.58. The Morgan fingerprint density at radius 2 is 1.71 bits per heavy atom. The quantitative estimate of drug-likeness (QED) is 0.320. The summed E-state index contributed by atoms with van der Waals surface area (Å²) in [5, 5.41) is 4.41. The minimum absolute atomic E-state index is 0.0484. The van der Waals surface area contributed by atoms with Crippen molar-refractivity contribution in [2.75, 3.05) is 18.6 Å². The van der Waals surface area contributed by atoms with E-state index >= 15 is 0 Å². The van der Waals surface area contributed by atoms with Crippen LogP contribution in [0.15, 0.2) is 112 Å². The molecule has 1 atom stereocenters. The molecule has 1 N–H and O–H groups in total. The molecular formula is C29H27N3O2S. The summed E-state index contributed by atoms with van der Waals surface area (Å²) in [4.78, 5) is 17.2. The molecule has 3 aromatic carbocycles. The summed E-state index contributed by atoms with van der Waals surface area (Å²) in [5.74, 6) is 0.792. The zero-order valence-corrected chi connectivity index (χ0v) is 20.4. The molecule has 35 heavy (non-hydrogen) atoms. The second kappa shape index (κ2) is 10.2. The van der Waals surface area contributed by atoms with Gasteiger partial charge >= 0.3 is 0 Å². The minimum Gasteiger partial charge on any atom is -0.497 e. The molecule has 0 fully saturated rings. The molecular weight excluding hydrogens is 454 g/mol. The maximum atomic E-state index is 13.3. The number of nitrogens with zero attached hydrogens (tertiary/aromatic N) is 2. The number of carbonyl (C=O) groups is 1. The molecule has 2 aliphatic rings. The number of benzene rings is 3. The average Bonchev–Trinajstić information content (AvgIpc) is 2.92. The highest BCUT2D eigenvalue weighted by atomic mass is 32.2. The molecule has 6 heteroatoms. The first-order chi connectivity index (χ1) is 17.2. The van der Waals surface area contributed by atoms with E-state index in [9.17, 15) is 4.79 Å². The predicted octanol–water partition coefficient (Wildman–Crippen LogP) is 6.24. The van der Waals surface area contributed by atoms with E-state index in [1.807, 2.05) is 66.9 Å². The zero-order chi connectivity index (χ0) is 24.1. The summed E-state index contributed by atoms with van der Waals surface area (Å²) in [5.41, 5.74) is 5.83. The van der Waals surface area contributed by atoms with E-state index in [0.717, 1.165) is 33.3 Å². The third kappa shape index (κ3) is 4.75. The largest absolute Gasteiger partial charge is 0.497 e. The number of rotatable bonds is 7. The molecule has 5 nitrogen and oxygen atoms in total. The number of carbonyl (C=O) groups excluding carboxylic acids is 1. The van der Waals surface area contributed by atoms with E-state index < -0.39 is 0 Å². The van der Waals surface area contributed by atoms with Crippen LogP contribution in [0.1, 0.15) is 18.4 Å². The van der Waals surface area contributed by atoms with Gasteiger partial charge in [0.2, 0.25) is 0 Å². The Hall–Kier alpha value is -3.77. The Bertz CT molecular complexity index is 1250. The lowest BCUT2D eigenvalue weighted by Gasteiger charge is -2.31. The highest BCUT2D eigenvalue weighted by Crippen LogP contribution is 2.47. The van der Waals surface area contributed by atoms with Crippen LogP contribution in [0.4, 0.5) is 11.4 Å². The molecule has 1 aliphatic carbocycles. The van der Waals surface area contributed by atoms with E-state index in [0.29, 0.717) is 6.42 Å². The molecule has 3 aromatic rings. The predicted molar refractivity (Wildman–Crippen MR) is 143 cm³/mol. The molecule has 0 aromatic heterocycles. The van der Waals surface area contributed by atoms with Crippen LogP contribution in [0.5, 0.6) is 5.75 Å². The van der Waals surface area contributed by atoms with Crippen LogP contribution >= 0.6 is 11.8 Å². The molecule has 1 aliphatic heterocycles. The molecule has 0 saturated carbocycles. The molecule has 1 heterocycles. The number of para-hydroxylation sites is 2. The molecule has 176 valence electrons. The lowest BCUT2D eigenvalue weighted by atomic mass is 9.73. The third-order valence-electron chi connectivity index (χ3n) is 6.36.